The quantitative estimate of drug-likeness (QED) is 0.499. The molecule has 0 radical (unpaired) electrons. The lowest BCUT2D eigenvalue weighted by Gasteiger charge is -1.95. The van der Waals surface area contributed by atoms with Crippen LogP contribution in [-0.4, -0.2) is 0 Å². The van der Waals surface area contributed by atoms with E-state index in [1.165, 1.54) is 0 Å². The molecular formula is C9H20. The molecule has 0 fully saturated rings. The molecule has 56 valence electrons. The number of hydrogen-bond donors (Lipinski definition) is 0. The van der Waals surface area contributed by atoms with Crippen LogP contribution in [0.25, 0.3) is 0 Å². The molecule has 0 aliphatic carbocycles. The molecule has 0 aromatic heterocycles. The Morgan fingerprint density at radius 3 is 1.11 bits per heavy atom. The molecule has 0 aliphatic heterocycles. The molecule has 0 aromatic carbocycles. The SMILES string of the molecule is C.CC(C)C=CC(C)C. The van der Waals surface area contributed by atoms with Crippen LogP contribution in [0, 0.1) is 11.8 Å². The molecule has 9 heavy (non-hydrogen) atoms. The molecule has 0 unspecified atom stereocenters. The fourth-order valence-corrected chi connectivity index (χ4v) is 0.444. The standard InChI is InChI=1S/C8H16.CH4/c1-7(2)5-6-8(3)4;/h5-8H,1-4H3;1H4. The summed E-state index contributed by atoms with van der Waals surface area (Å²) in [6, 6.07) is 0. The summed E-state index contributed by atoms with van der Waals surface area (Å²) in [4.78, 5) is 0. The van der Waals surface area contributed by atoms with E-state index in [0.717, 1.165) is 0 Å². The summed E-state index contributed by atoms with van der Waals surface area (Å²) in [7, 11) is 0. The summed E-state index contributed by atoms with van der Waals surface area (Å²) in [5, 5.41) is 0. The van der Waals surface area contributed by atoms with Crippen molar-refractivity contribution in [2.24, 2.45) is 11.8 Å². The van der Waals surface area contributed by atoms with Gasteiger partial charge in [0.2, 0.25) is 0 Å². The van der Waals surface area contributed by atoms with Gasteiger partial charge in [0.1, 0.15) is 0 Å². The Morgan fingerprint density at radius 1 is 0.778 bits per heavy atom. The topological polar surface area (TPSA) is 0 Å². The Morgan fingerprint density at radius 2 is 1.00 bits per heavy atom. The fourth-order valence-electron chi connectivity index (χ4n) is 0.444. The van der Waals surface area contributed by atoms with Gasteiger partial charge in [0.15, 0.2) is 0 Å². The van der Waals surface area contributed by atoms with Gasteiger partial charge in [-0.1, -0.05) is 47.3 Å². The fraction of sp³-hybridized carbons (Fsp3) is 0.778. The van der Waals surface area contributed by atoms with Gasteiger partial charge in [0.05, 0.1) is 0 Å². The van der Waals surface area contributed by atoms with E-state index in [0.29, 0.717) is 11.8 Å². The smallest absolute Gasteiger partial charge is 0.0290 e. The average molecular weight is 128 g/mol. The van der Waals surface area contributed by atoms with Crippen molar-refractivity contribution in [1.29, 1.82) is 0 Å². The largest absolute Gasteiger partial charge is 0.0857 e. The van der Waals surface area contributed by atoms with Crippen molar-refractivity contribution >= 4 is 0 Å². The van der Waals surface area contributed by atoms with Crippen molar-refractivity contribution in [2.75, 3.05) is 0 Å². The highest BCUT2D eigenvalue weighted by atomic mass is 13.9. The van der Waals surface area contributed by atoms with E-state index in [2.05, 4.69) is 39.8 Å². The van der Waals surface area contributed by atoms with Gasteiger partial charge in [-0.2, -0.15) is 0 Å². The van der Waals surface area contributed by atoms with Gasteiger partial charge >= 0.3 is 0 Å². The van der Waals surface area contributed by atoms with Crippen LogP contribution in [0.3, 0.4) is 0 Å². The molecule has 0 heterocycles. The van der Waals surface area contributed by atoms with E-state index in [9.17, 15) is 0 Å². The van der Waals surface area contributed by atoms with Gasteiger partial charge in [-0.05, 0) is 11.8 Å². The van der Waals surface area contributed by atoms with Crippen LogP contribution in [0.5, 0.6) is 0 Å². The summed E-state index contributed by atoms with van der Waals surface area (Å²) < 4.78 is 0. The molecule has 0 aromatic rings. The summed E-state index contributed by atoms with van der Waals surface area (Å²) in [6.07, 6.45) is 4.48. The van der Waals surface area contributed by atoms with E-state index >= 15 is 0 Å². The average Bonchev–Trinajstić information content (AvgIpc) is 1.61. The molecule has 0 bridgehead atoms. The molecule has 0 nitrogen and oxygen atoms in total. The van der Waals surface area contributed by atoms with Crippen LogP contribution in [0.15, 0.2) is 12.2 Å². The number of rotatable bonds is 2. The molecule has 0 amide bonds. The van der Waals surface area contributed by atoms with Crippen LogP contribution in [-0.2, 0) is 0 Å². The monoisotopic (exact) mass is 128 g/mol. The van der Waals surface area contributed by atoms with Gasteiger partial charge in [-0.25, -0.2) is 0 Å². The first-order valence-electron chi connectivity index (χ1n) is 3.31. The Hall–Kier alpha value is -0.260. The molecule has 0 rings (SSSR count). The second-order valence-electron chi connectivity index (χ2n) is 2.87. The van der Waals surface area contributed by atoms with Gasteiger partial charge in [-0.15, -0.1) is 0 Å². The van der Waals surface area contributed by atoms with E-state index in [-0.39, 0.29) is 7.43 Å². The molecule has 0 N–H and O–H groups in total. The van der Waals surface area contributed by atoms with E-state index in [1.807, 2.05) is 0 Å². The van der Waals surface area contributed by atoms with Crippen LogP contribution >= 0.6 is 0 Å². The summed E-state index contributed by atoms with van der Waals surface area (Å²) in [6.45, 7) is 8.77. The maximum absolute atomic E-state index is 2.24. The second-order valence-corrected chi connectivity index (χ2v) is 2.87. The summed E-state index contributed by atoms with van der Waals surface area (Å²) in [5.74, 6) is 1.41. The van der Waals surface area contributed by atoms with Crippen molar-refractivity contribution < 1.29 is 0 Å². The molecule has 0 saturated carbocycles. The van der Waals surface area contributed by atoms with Crippen LogP contribution in [0.2, 0.25) is 0 Å². The zero-order valence-electron chi connectivity index (χ0n) is 6.31. The highest BCUT2D eigenvalue weighted by molar-refractivity contribution is 4.86. The van der Waals surface area contributed by atoms with Crippen molar-refractivity contribution in [3.05, 3.63) is 12.2 Å². The third-order valence-corrected chi connectivity index (χ3v) is 0.881. The van der Waals surface area contributed by atoms with Gasteiger partial charge in [0, 0.05) is 0 Å². The molecule has 0 heteroatoms. The Kier molecular flexibility index (Phi) is 7.52. The summed E-state index contributed by atoms with van der Waals surface area (Å²) >= 11 is 0. The van der Waals surface area contributed by atoms with Crippen molar-refractivity contribution in [1.82, 2.24) is 0 Å². The van der Waals surface area contributed by atoms with Crippen molar-refractivity contribution in [2.45, 2.75) is 35.1 Å². The normalized spacial score (nSPS) is 10.9. The zero-order chi connectivity index (χ0) is 6.57. The minimum atomic E-state index is 0. The zero-order valence-corrected chi connectivity index (χ0v) is 6.31. The van der Waals surface area contributed by atoms with E-state index in [1.54, 1.807) is 0 Å². The van der Waals surface area contributed by atoms with Gasteiger partial charge in [-0.3, -0.25) is 0 Å². The van der Waals surface area contributed by atoms with E-state index in [4.69, 9.17) is 0 Å². The van der Waals surface area contributed by atoms with Gasteiger partial charge in [0.25, 0.3) is 0 Å². The van der Waals surface area contributed by atoms with Gasteiger partial charge < -0.3 is 0 Å². The first kappa shape index (κ1) is 11.5. The molecule has 0 saturated heterocycles. The maximum atomic E-state index is 2.24. The van der Waals surface area contributed by atoms with Crippen LogP contribution in [0.1, 0.15) is 35.1 Å². The lowest BCUT2D eigenvalue weighted by molar-refractivity contribution is 0.780. The van der Waals surface area contributed by atoms with Crippen molar-refractivity contribution in [3.63, 3.8) is 0 Å². The third kappa shape index (κ3) is 11.4. The number of hydrogen-bond acceptors (Lipinski definition) is 0. The highest BCUT2D eigenvalue weighted by Crippen LogP contribution is 1.99. The summed E-state index contributed by atoms with van der Waals surface area (Å²) in [5.41, 5.74) is 0. The lowest BCUT2D eigenvalue weighted by Crippen LogP contribution is -1.81. The van der Waals surface area contributed by atoms with E-state index < -0.39 is 0 Å². The molecule has 0 aliphatic rings. The first-order chi connectivity index (χ1) is 3.63. The number of allylic oxidation sites excluding steroid dienone is 2. The Balaban J connectivity index is 0. The molecule has 0 spiro atoms. The predicted molar refractivity (Wildman–Crippen MR) is 45.5 cm³/mol. The Bertz CT molecular complexity index is 58.1. The van der Waals surface area contributed by atoms with Crippen molar-refractivity contribution in [3.8, 4) is 0 Å². The highest BCUT2D eigenvalue weighted by Gasteiger charge is 1.85. The minimum absolute atomic E-state index is 0. The van der Waals surface area contributed by atoms with Crippen LogP contribution in [0.4, 0.5) is 0 Å². The predicted octanol–water partition coefficient (Wildman–Crippen LogP) is 3.49. The lowest BCUT2D eigenvalue weighted by atomic mass is 10.1. The van der Waals surface area contributed by atoms with Crippen LogP contribution < -0.4 is 0 Å². The molecule has 0 atom stereocenters. The third-order valence-electron chi connectivity index (χ3n) is 0.881. The maximum Gasteiger partial charge on any atom is -0.0290 e. The minimum Gasteiger partial charge on any atom is -0.0857 e. The molecular weight excluding hydrogens is 108 g/mol. The Labute approximate surface area is 60.0 Å². The second kappa shape index (κ2) is 5.87. The first-order valence-corrected chi connectivity index (χ1v) is 3.31.